The van der Waals surface area contributed by atoms with Crippen molar-refractivity contribution in [2.75, 3.05) is 11.4 Å². The molecule has 1 aliphatic heterocycles. The molecule has 0 N–H and O–H groups in total. The largest absolute Gasteiger partial charge is 0.353 e. The monoisotopic (exact) mass is 243 g/mol. The topological polar surface area (TPSA) is 39.9 Å². The number of anilines is 1. The summed E-state index contributed by atoms with van der Waals surface area (Å²) in [5.41, 5.74) is 0.703. The third kappa shape index (κ3) is 2.81. The van der Waals surface area contributed by atoms with Gasteiger partial charge in [-0.1, -0.05) is 13.8 Å². The van der Waals surface area contributed by atoms with Gasteiger partial charge in [0.25, 0.3) is 0 Å². The van der Waals surface area contributed by atoms with E-state index in [1.54, 1.807) is 6.20 Å². The molecular formula is C15H21N3. The second kappa shape index (κ2) is 5.86. The molecule has 0 aliphatic carbocycles. The summed E-state index contributed by atoms with van der Waals surface area (Å²) < 4.78 is 0. The van der Waals surface area contributed by atoms with Crippen LogP contribution in [-0.2, 0) is 0 Å². The van der Waals surface area contributed by atoms with Crippen LogP contribution in [0.3, 0.4) is 0 Å². The van der Waals surface area contributed by atoms with Crippen LogP contribution in [-0.4, -0.2) is 17.6 Å². The average Bonchev–Trinajstić information content (AvgIpc) is 2.84. The number of pyridine rings is 1. The Labute approximate surface area is 109 Å². The van der Waals surface area contributed by atoms with Gasteiger partial charge in [0.15, 0.2) is 0 Å². The van der Waals surface area contributed by atoms with Gasteiger partial charge < -0.3 is 4.90 Å². The first-order valence-electron chi connectivity index (χ1n) is 6.84. The van der Waals surface area contributed by atoms with Gasteiger partial charge in [-0.3, -0.25) is 0 Å². The van der Waals surface area contributed by atoms with Gasteiger partial charge in [-0.05, 0) is 43.7 Å². The van der Waals surface area contributed by atoms with Gasteiger partial charge in [0.2, 0.25) is 0 Å². The standard InChI is InChI=1S/C15H21N3/c1-12(2)7-8-14-6-4-10-18(14)15-13(11-16)5-3-9-17-15/h3,5,9,12,14H,4,6-8,10H2,1-2H3. The highest BCUT2D eigenvalue weighted by atomic mass is 15.2. The van der Waals surface area contributed by atoms with E-state index in [0.717, 1.165) is 18.3 Å². The molecule has 0 spiro atoms. The Morgan fingerprint density at radius 3 is 3.11 bits per heavy atom. The Morgan fingerprint density at radius 2 is 2.39 bits per heavy atom. The van der Waals surface area contributed by atoms with Crippen LogP contribution >= 0.6 is 0 Å². The fourth-order valence-corrected chi connectivity index (χ4v) is 2.65. The molecule has 3 nitrogen and oxygen atoms in total. The van der Waals surface area contributed by atoms with E-state index in [1.165, 1.54) is 25.7 Å². The molecular weight excluding hydrogens is 222 g/mol. The van der Waals surface area contributed by atoms with Crippen molar-refractivity contribution < 1.29 is 0 Å². The van der Waals surface area contributed by atoms with E-state index in [0.29, 0.717) is 11.6 Å². The lowest BCUT2D eigenvalue weighted by Gasteiger charge is -2.26. The number of aromatic nitrogens is 1. The number of hydrogen-bond acceptors (Lipinski definition) is 3. The van der Waals surface area contributed by atoms with Gasteiger partial charge in [0.1, 0.15) is 11.9 Å². The van der Waals surface area contributed by atoms with E-state index < -0.39 is 0 Å². The SMILES string of the molecule is CC(C)CCC1CCCN1c1ncccc1C#N. The Balaban J connectivity index is 2.13. The number of nitrogens with zero attached hydrogens (tertiary/aromatic N) is 3. The molecule has 2 rings (SSSR count). The predicted molar refractivity (Wildman–Crippen MR) is 73.4 cm³/mol. The Bertz CT molecular complexity index is 434. The van der Waals surface area contributed by atoms with Gasteiger partial charge in [0.05, 0.1) is 5.56 Å². The van der Waals surface area contributed by atoms with Gasteiger partial charge in [-0.15, -0.1) is 0 Å². The molecule has 96 valence electrons. The molecule has 0 amide bonds. The van der Waals surface area contributed by atoms with Crippen LogP contribution in [0.4, 0.5) is 5.82 Å². The maximum atomic E-state index is 9.17. The summed E-state index contributed by atoms with van der Waals surface area (Å²) in [6.45, 7) is 5.57. The molecule has 0 radical (unpaired) electrons. The minimum atomic E-state index is 0.564. The second-order valence-electron chi connectivity index (χ2n) is 5.45. The molecule has 1 saturated heterocycles. The maximum Gasteiger partial charge on any atom is 0.146 e. The normalized spacial score (nSPS) is 19.2. The molecule has 0 saturated carbocycles. The smallest absolute Gasteiger partial charge is 0.146 e. The van der Waals surface area contributed by atoms with E-state index >= 15 is 0 Å². The molecule has 0 bridgehead atoms. The molecule has 1 aliphatic rings. The third-order valence-electron chi connectivity index (χ3n) is 3.63. The van der Waals surface area contributed by atoms with Crippen molar-refractivity contribution >= 4 is 5.82 Å². The van der Waals surface area contributed by atoms with Crippen molar-refractivity contribution in [3.63, 3.8) is 0 Å². The summed E-state index contributed by atoms with van der Waals surface area (Å²) in [6.07, 6.45) is 6.68. The zero-order valence-electron chi connectivity index (χ0n) is 11.3. The van der Waals surface area contributed by atoms with Crippen molar-refractivity contribution in [3.8, 4) is 6.07 Å². The molecule has 0 aromatic carbocycles. The Hall–Kier alpha value is -1.56. The second-order valence-corrected chi connectivity index (χ2v) is 5.45. The fourth-order valence-electron chi connectivity index (χ4n) is 2.65. The van der Waals surface area contributed by atoms with E-state index in [2.05, 4.69) is 29.8 Å². The lowest BCUT2D eigenvalue weighted by molar-refractivity contribution is 0.494. The van der Waals surface area contributed by atoms with Crippen molar-refractivity contribution in [1.82, 2.24) is 4.98 Å². The van der Waals surface area contributed by atoms with E-state index in [9.17, 15) is 0 Å². The van der Waals surface area contributed by atoms with Gasteiger partial charge >= 0.3 is 0 Å². The van der Waals surface area contributed by atoms with Crippen molar-refractivity contribution in [1.29, 1.82) is 5.26 Å². The first-order valence-corrected chi connectivity index (χ1v) is 6.84. The molecule has 1 fully saturated rings. The van der Waals surface area contributed by atoms with Crippen LogP contribution in [0.2, 0.25) is 0 Å². The summed E-state index contributed by atoms with van der Waals surface area (Å²) >= 11 is 0. The Kier molecular flexibility index (Phi) is 4.19. The maximum absolute atomic E-state index is 9.17. The van der Waals surface area contributed by atoms with Crippen LogP contribution in [0, 0.1) is 17.2 Å². The van der Waals surface area contributed by atoms with Crippen molar-refractivity contribution in [3.05, 3.63) is 23.9 Å². The minimum absolute atomic E-state index is 0.564. The molecule has 3 heteroatoms. The molecule has 18 heavy (non-hydrogen) atoms. The molecule has 2 heterocycles. The first kappa shape index (κ1) is 12.9. The van der Waals surface area contributed by atoms with Crippen LogP contribution in [0.5, 0.6) is 0 Å². The summed E-state index contributed by atoms with van der Waals surface area (Å²) in [6, 6.07) is 6.51. The van der Waals surface area contributed by atoms with Crippen LogP contribution in [0.15, 0.2) is 18.3 Å². The van der Waals surface area contributed by atoms with Crippen LogP contribution in [0.1, 0.15) is 45.1 Å². The van der Waals surface area contributed by atoms with Crippen molar-refractivity contribution in [2.24, 2.45) is 5.92 Å². The number of nitriles is 1. The molecule has 1 aromatic rings. The van der Waals surface area contributed by atoms with Crippen molar-refractivity contribution in [2.45, 2.75) is 45.6 Å². The minimum Gasteiger partial charge on any atom is -0.353 e. The zero-order valence-corrected chi connectivity index (χ0v) is 11.3. The molecule has 1 aromatic heterocycles. The highest BCUT2D eigenvalue weighted by molar-refractivity contribution is 5.54. The predicted octanol–water partition coefficient (Wildman–Crippen LogP) is 3.36. The fraction of sp³-hybridized carbons (Fsp3) is 0.600. The van der Waals surface area contributed by atoms with E-state index in [-0.39, 0.29) is 0 Å². The quantitative estimate of drug-likeness (QED) is 0.814. The van der Waals surface area contributed by atoms with Crippen LogP contribution < -0.4 is 4.90 Å². The summed E-state index contributed by atoms with van der Waals surface area (Å²) in [5, 5.41) is 9.17. The number of hydrogen-bond donors (Lipinski definition) is 0. The van der Waals surface area contributed by atoms with E-state index in [1.807, 2.05) is 12.1 Å². The summed E-state index contributed by atoms with van der Waals surface area (Å²) in [7, 11) is 0. The summed E-state index contributed by atoms with van der Waals surface area (Å²) in [4.78, 5) is 6.75. The molecule has 1 atom stereocenters. The highest BCUT2D eigenvalue weighted by Crippen LogP contribution is 2.29. The zero-order chi connectivity index (χ0) is 13.0. The lowest BCUT2D eigenvalue weighted by Crippen LogP contribution is -2.30. The average molecular weight is 243 g/mol. The third-order valence-corrected chi connectivity index (χ3v) is 3.63. The van der Waals surface area contributed by atoms with Gasteiger partial charge in [-0.25, -0.2) is 4.98 Å². The van der Waals surface area contributed by atoms with Gasteiger partial charge in [0, 0.05) is 18.8 Å². The first-order chi connectivity index (χ1) is 8.72. The van der Waals surface area contributed by atoms with Gasteiger partial charge in [-0.2, -0.15) is 5.26 Å². The lowest BCUT2D eigenvalue weighted by atomic mass is 10.0. The number of rotatable bonds is 4. The van der Waals surface area contributed by atoms with Crippen LogP contribution in [0.25, 0.3) is 0 Å². The Morgan fingerprint density at radius 1 is 1.56 bits per heavy atom. The summed E-state index contributed by atoms with van der Waals surface area (Å²) in [5.74, 6) is 1.62. The van der Waals surface area contributed by atoms with E-state index in [4.69, 9.17) is 5.26 Å². The molecule has 1 unspecified atom stereocenters. The highest BCUT2D eigenvalue weighted by Gasteiger charge is 2.27.